The van der Waals surface area contributed by atoms with Crippen LogP contribution in [0.1, 0.15) is 12.8 Å². The molecule has 30 heavy (non-hydrogen) atoms. The Morgan fingerprint density at radius 2 is 0.767 bits per heavy atom. The Bertz CT molecular complexity index is 509. The summed E-state index contributed by atoms with van der Waals surface area (Å²) < 4.78 is 204. The highest BCUT2D eigenvalue weighted by Gasteiger charge is 2.76. The number of hydrogen-bond donors (Lipinski definition) is 0. The lowest BCUT2D eigenvalue weighted by atomic mass is 10.0. The minimum Gasteiger partial charge on any atom is -0.306 e. The van der Waals surface area contributed by atoms with E-state index >= 15 is 0 Å². The van der Waals surface area contributed by atoms with E-state index in [2.05, 4.69) is 0 Å². The fourth-order valence-electron chi connectivity index (χ4n) is 1.85. The van der Waals surface area contributed by atoms with Crippen LogP contribution >= 0.6 is 0 Å². The third-order valence-electron chi connectivity index (χ3n) is 3.92. The van der Waals surface area contributed by atoms with Gasteiger partial charge in [0.25, 0.3) is 0 Å². The summed E-state index contributed by atoms with van der Waals surface area (Å²) in [6, 6.07) is 0. The highest BCUT2D eigenvalue weighted by Crippen LogP contribution is 2.51. The van der Waals surface area contributed by atoms with Crippen molar-refractivity contribution in [1.29, 1.82) is 0 Å². The van der Waals surface area contributed by atoms with Crippen molar-refractivity contribution in [3.05, 3.63) is 0 Å². The van der Waals surface area contributed by atoms with E-state index in [4.69, 9.17) is 0 Å². The summed E-state index contributed by atoms with van der Waals surface area (Å²) >= 11 is 0. The molecule has 0 unspecified atom stereocenters. The van der Waals surface area contributed by atoms with Crippen LogP contribution in [0.3, 0.4) is 0 Å². The van der Waals surface area contributed by atoms with Gasteiger partial charge in [-0.05, 0) is 7.05 Å². The Morgan fingerprint density at radius 1 is 0.533 bits per heavy atom. The molecule has 0 aliphatic heterocycles. The van der Waals surface area contributed by atoms with Gasteiger partial charge >= 0.3 is 48.4 Å². The van der Waals surface area contributed by atoms with E-state index in [-0.39, 0.29) is 4.90 Å². The lowest BCUT2D eigenvalue weighted by molar-refractivity contribution is -0.341. The maximum atomic E-state index is 13.3. The zero-order chi connectivity index (χ0) is 24.6. The van der Waals surface area contributed by atoms with Crippen LogP contribution in [0.5, 0.6) is 0 Å². The van der Waals surface area contributed by atoms with Crippen molar-refractivity contribution in [1.82, 2.24) is 4.90 Å². The molecule has 0 rings (SSSR count). The summed E-state index contributed by atoms with van der Waals surface area (Å²) in [7, 11) is 0.499. The molecule has 0 aromatic rings. The van der Waals surface area contributed by atoms with E-state index in [0.717, 1.165) is 0 Å². The molecular weight excluding hydrogens is 474 g/mol. The van der Waals surface area contributed by atoms with Crippen molar-refractivity contribution in [2.75, 3.05) is 20.1 Å². The Kier molecular flexibility index (Phi) is 8.42. The molecule has 0 atom stereocenters. The van der Waals surface area contributed by atoms with E-state index in [1.165, 1.54) is 0 Å². The normalized spacial score (nSPS) is 15.6. The van der Waals surface area contributed by atoms with Crippen LogP contribution in [-0.2, 0) is 0 Å². The molecular formula is C13H13F16N. The summed E-state index contributed by atoms with van der Waals surface area (Å²) in [4.78, 5) is 0.0923. The van der Waals surface area contributed by atoms with E-state index in [1.807, 2.05) is 0 Å². The van der Waals surface area contributed by atoms with E-state index in [9.17, 15) is 70.2 Å². The van der Waals surface area contributed by atoms with Gasteiger partial charge in [-0.3, -0.25) is 0 Å². The molecule has 0 heterocycles. The summed E-state index contributed by atoms with van der Waals surface area (Å²) in [6.07, 6.45) is -15.1. The zero-order valence-corrected chi connectivity index (χ0v) is 14.5. The second-order valence-corrected chi connectivity index (χ2v) is 6.21. The van der Waals surface area contributed by atoms with Crippen molar-refractivity contribution in [3.8, 4) is 0 Å². The molecule has 0 saturated heterocycles. The molecule has 0 aliphatic rings. The van der Waals surface area contributed by atoms with E-state index in [0.29, 0.717) is 7.05 Å². The maximum absolute atomic E-state index is 13.3. The van der Waals surface area contributed by atoms with Gasteiger partial charge in [0.1, 0.15) is 0 Å². The van der Waals surface area contributed by atoms with Crippen molar-refractivity contribution in [2.24, 2.45) is 0 Å². The van der Waals surface area contributed by atoms with Crippen LogP contribution in [0, 0.1) is 0 Å². The van der Waals surface area contributed by atoms with Crippen LogP contribution in [0.2, 0.25) is 0 Å². The van der Waals surface area contributed by atoms with E-state index < -0.39 is 74.3 Å². The van der Waals surface area contributed by atoms with Crippen LogP contribution in [0.4, 0.5) is 70.2 Å². The van der Waals surface area contributed by atoms with Crippen LogP contribution in [0.25, 0.3) is 0 Å². The van der Waals surface area contributed by atoms with Crippen LogP contribution in [-0.4, -0.2) is 73.4 Å². The summed E-state index contributed by atoms with van der Waals surface area (Å²) in [6.45, 7) is -3.09. The quantitative estimate of drug-likeness (QED) is 0.304. The maximum Gasteiger partial charge on any atom is 0.377 e. The highest BCUT2D eigenvalue weighted by molar-refractivity contribution is 4.99. The zero-order valence-electron chi connectivity index (χ0n) is 14.5. The third-order valence-corrected chi connectivity index (χ3v) is 3.92. The average molecular weight is 487 g/mol. The van der Waals surface area contributed by atoms with Gasteiger partial charge in [-0.1, -0.05) is 0 Å². The molecule has 0 aromatic heterocycles. The third kappa shape index (κ3) is 5.18. The smallest absolute Gasteiger partial charge is 0.306 e. The first kappa shape index (κ1) is 28.8. The molecule has 182 valence electrons. The van der Waals surface area contributed by atoms with Gasteiger partial charge in [0, 0.05) is 25.9 Å². The van der Waals surface area contributed by atoms with Gasteiger partial charge < -0.3 is 4.90 Å². The van der Waals surface area contributed by atoms with E-state index in [1.54, 1.807) is 0 Å². The van der Waals surface area contributed by atoms with Gasteiger partial charge in [0.05, 0.1) is 0 Å². The molecule has 0 amide bonds. The van der Waals surface area contributed by atoms with Gasteiger partial charge in [0.15, 0.2) is 0 Å². The fraction of sp³-hybridized carbons (Fsp3) is 1.00. The predicted molar refractivity (Wildman–Crippen MR) is 68.4 cm³/mol. The summed E-state index contributed by atoms with van der Waals surface area (Å²) in [5, 5.41) is 0. The monoisotopic (exact) mass is 487 g/mol. The summed E-state index contributed by atoms with van der Waals surface area (Å²) in [5.74, 6) is -37.8. The molecule has 17 heteroatoms. The average Bonchev–Trinajstić information content (AvgIpc) is 2.57. The lowest BCUT2D eigenvalue weighted by Gasteiger charge is -2.34. The Labute approximate surface area is 158 Å². The van der Waals surface area contributed by atoms with Crippen LogP contribution < -0.4 is 0 Å². The van der Waals surface area contributed by atoms with Crippen LogP contribution in [0.15, 0.2) is 0 Å². The first-order chi connectivity index (χ1) is 13.0. The molecule has 0 N–H and O–H groups in total. The van der Waals surface area contributed by atoms with Crippen molar-refractivity contribution in [2.45, 2.75) is 61.2 Å². The SMILES string of the molecule is CN(CCC(F)(F)C(F)(F)C(F)(F)C(F)F)CCC(F)(F)C(F)(F)C(F)(F)C(F)F. The summed E-state index contributed by atoms with van der Waals surface area (Å²) in [5.41, 5.74) is 0. The number of rotatable bonds is 12. The first-order valence-corrected chi connectivity index (χ1v) is 7.50. The Morgan fingerprint density at radius 3 is 0.967 bits per heavy atom. The molecule has 1 nitrogen and oxygen atoms in total. The molecule has 0 radical (unpaired) electrons. The Balaban J connectivity index is 5.15. The number of halogens is 16. The lowest BCUT2D eigenvalue weighted by Crippen LogP contribution is -2.58. The van der Waals surface area contributed by atoms with Gasteiger partial charge in [-0.15, -0.1) is 0 Å². The van der Waals surface area contributed by atoms with Gasteiger partial charge in [-0.2, -0.15) is 52.7 Å². The first-order valence-electron chi connectivity index (χ1n) is 7.50. The minimum atomic E-state index is -6.59. The van der Waals surface area contributed by atoms with Crippen molar-refractivity contribution < 1.29 is 70.2 Å². The fourth-order valence-corrected chi connectivity index (χ4v) is 1.85. The largest absolute Gasteiger partial charge is 0.377 e. The number of hydrogen-bond acceptors (Lipinski definition) is 1. The minimum absolute atomic E-state index is 0.0923. The van der Waals surface area contributed by atoms with Gasteiger partial charge in [0.2, 0.25) is 0 Å². The number of nitrogens with zero attached hydrogens (tertiary/aromatic N) is 1. The molecule has 0 aliphatic carbocycles. The predicted octanol–water partition coefficient (Wildman–Crippen LogP) is 6.04. The standard InChI is InChI=1S/C13H13F16N/c1-30(4-2-8(18,19)12(26,27)10(22,23)6(14)15)5-3-9(20,21)13(28,29)11(24,25)7(16)17/h6-7H,2-5H2,1H3. The second kappa shape index (κ2) is 8.76. The molecule has 0 saturated carbocycles. The molecule has 0 bridgehead atoms. The van der Waals surface area contributed by atoms with Gasteiger partial charge in [-0.25, -0.2) is 17.6 Å². The number of alkyl halides is 16. The Hall–Kier alpha value is -1.16. The molecule has 0 spiro atoms. The molecule has 0 fully saturated rings. The van der Waals surface area contributed by atoms with Crippen molar-refractivity contribution in [3.63, 3.8) is 0 Å². The molecule has 0 aromatic carbocycles. The highest BCUT2D eigenvalue weighted by atomic mass is 19.4. The topological polar surface area (TPSA) is 3.24 Å². The van der Waals surface area contributed by atoms with Crippen molar-refractivity contribution >= 4 is 0 Å². The second-order valence-electron chi connectivity index (χ2n) is 6.21.